The molecule has 0 bridgehead atoms. The summed E-state index contributed by atoms with van der Waals surface area (Å²) in [6, 6.07) is 0.562. The Morgan fingerprint density at radius 2 is 1.20 bits per heavy atom. The van der Waals surface area contributed by atoms with Gasteiger partial charge in [0.2, 0.25) is 0 Å². The summed E-state index contributed by atoms with van der Waals surface area (Å²) in [5.74, 6) is 0. The molecule has 66 valence electrons. The van der Waals surface area contributed by atoms with Gasteiger partial charge in [-0.05, 0) is 12.8 Å². The zero-order valence-corrected chi connectivity index (χ0v) is 8.23. The van der Waals surface area contributed by atoms with Gasteiger partial charge in [-0.15, -0.1) is 0 Å². The summed E-state index contributed by atoms with van der Waals surface area (Å²) < 4.78 is 0. The molecular formula is C6H16N2OPt. The Hall–Kier alpha value is 0.568. The van der Waals surface area contributed by atoms with Crippen molar-refractivity contribution in [1.29, 1.82) is 0 Å². The molecule has 2 atom stereocenters. The van der Waals surface area contributed by atoms with E-state index >= 15 is 0 Å². The third kappa shape index (κ3) is 3.67. The van der Waals surface area contributed by atoms with Crippen LogP contribution in [0.3, 0.4) is 0 Å². The van der Waals surface area contributed by atoms with Gasteiger partial charge in [-0.2, -0.15) is 0 Å². The summed E-state index contributed by atoms with van der Waals surface area (Å²) in [4.78, 5) is 0. The first-order chi connectivity index (χ1) is 3.80. The number of hydrogen-bond donors (Lipinski definition) is 2. The molecule has 10 heavy (non-hydrogen) atoms. The average Bonchev–Trinajstić information content (AvgIpc) is 1.77. The van der Waals surface area contributed by atoms with Crippen molar-refractivity contribution in [1.82, 2.24) is 0 Å². The second-order valence-electron chi connectivity index (χ2n) is 2.61. The summed E-state index contributed by atoms with van der Waals surface area (Å²) in [6.45, 7) is 0. The van der Waals surface area contributed by atoms with Gasteiger partial charge in [0.15, 0.2) is 0 Å². The van der Waals surface area contributed by atoms with Crippen molar-refractivity contribution in [2.24, 2.45) is 11.5 Å². The first kappa shape index (κ1) is 13.2. The van der Waals surface area contributed by atoms with E-state index in [4.69, 9.17) is 11.5 Å². The van der Waals surface area contributed by atoms with Crippen LogP contribution in [0.1, 0.15) is 25.7 Å². The molecule has 6 N–H and O–H groups in total. The van der Waals surface area contributed by atoms with E-state index < -0.39 is 0 Å². The largest absolute Gasteiger partial charge is 0.412 e. The van der Waals surface area contributed by atoms with Gasteiger partial charge in [0.1, 0.15) is 0 Å². The van der Waals surface area contributed by atoms with Crippen LogP contribution in [0.25, 0.3) is 0 Å². The minimum absolute atomic E-state index is 0. The molecule has 4 heteroatoms. The Bertz CT molecular complexity index is 72.1. The molecule has 0 aromatic carbocycles. The van der Waals surface area contributed by atoms with E-state index in [-0.39, 0.29) is 38.6 Å². The maximum atomic E-state index is 5.65. The van der Waals surface area contributed by atoms with Crippen molar-refractivity contribution < 1.29 is 26.5 Å². The van der Waals surface area contributed by atoms with Gasteiger partial charge in [-0.1, -0.05) is 12.8 Å². The predicted octanol–water partition coefficient (Wildman–Crippen LogP) is -0.612. The maximum Gasteiger partial charge on any atom is 0.0192 e. The molecule has 0 aromatic heterocycles. The fraction of sp³-hybridized carbons (Fsp3) is 1.00. The van der Waals surface area contributed by atoms with E-state index in [1.807, 2.05) is 0 Å². The quantitative estimate of drug-likeness (QED) is 0.622. The van der Waals surface area contributed by atoms with E-state index in [0.29, 0.717) is 0 Å². The molecule has 1 aliphatic rings. The molecule has 0 radical (unpaired) electrons. The minimum atomic E-state index is 0. The van der Waals surface area contributed by atoms with E-state index in [9.17, 15) is 0 Å². The predicted molar refractivity (Wildman–Crippen MR) is 38.0 cm³/mol. The molecule has 1 fully saturated rings. The topological polar surface area (TPSA) is 83.5 Å². The van der Waals surface area contributed by atoms with Crippen LogP contribution in [0, 0.1) is 0 Å². The van der Waals surface area contributed by atoms with Gasteiger partial charge in [0.05, 0.1) is 0 Å². The summed E-state index contributed by atoms with van der Waals surface area (Å²) in [6.07, 6.45) is 4.80. The third-order valence-corrected chi connectivity index (χ3v) is 1.87. The Kier molecular flexibility index (Phi) is 8.29. The normalized spacial score (nSPS) is 31.8. The zero-order chi connectivity index (χ0) is 5.98. The van der Waals surface area contributed by atoms with Crippen LogP contribution in [0.5, 0.6) is 0 Å². The summed E-state index contributed by atoms with van der Waals surface area (Å²) in [7, 11) is 0. The number of rotatable bonds is 0. The Labute approximate surface area is 76.1 Å². The number of hydrogen-bond acceptors (Lipinski definition) is 2. The van der Waals surface area contributed by atoms with Crippen molar-refractivity contribution in [3.05, 3.63) is 0 Å². The molecule has 1 aliphatic carbocycles. The van der Waals surface area contributed by atoms with Crippen molar-refractivity contribution in [2.75, 3.05) is 0 Å². The molecule has 0 aliphatic heterocycles. The molecular weight excluding hydrogens is 311 g/mol. The fourth-order valence-corrected chi connectivity index (χ4v) is 1.19. The minimum Gasteiger partial charge on any atom is -0.412 e. The van der Waals surface area contributed by atoms with Crippen LogP contribution < -0.4 is 11.5 Å². The van der Waals surface area contributed by atoms with Gasteiger partial charge < -0.3 is 16.9 Å². The van der Waals surface area contributed by atoms with Gasteiger partial charge in [-0.3, -0.25) is 0 Å². The fourth-order valence-electron chi connectivity index (χ4n) is 1.19. The van der Waals surface area contributed by atoms with Crippen LogP contribution in [0.15, 0.2) is 0 Å². The molecule has 0 saturated heterocycles. The Balaban J connectivity index is 0. The smallest absolute Gasteiger partial charge is 0.0192 e. The average molecular weight is 327 g/mol. The van der Waals surface area contributed by atoms with E-state index in [1.165, 1.54) is 12.8 Å². The standard InChI is InChI=1S/C6H14N2.H2O.Pt/c7-5-3-1-2-4-6(5)8;;/h5-6H,1-4,7-8H2;1H2;/t5-,6-;;/m1../s1. The summed E-state index contributed by atoms with van der Waals surface area (Å²) in [5.41, 5.74) is 11.3. The van der Waals surface area contributed by atoms with E-state index in [1.54, 1.807) is 0 Å². The van der Waals surface area contributed by atoms with Crippen LogP contribution in [0.4, 0.5) is 0 Å². The molecule has 0 amide bonds. The van der Waals surface area contributed by atoms with Crippen molar-refractivity contribution in [2.45, 2.75) is 37.8 Å². The van der Waals surface area contributed by atoms with Gasteiger partial charge in [-0.25, -0.2) is 0 Å². The SMILES string of the molecule is N[C@@H]1CCCC[C@H]1N.O.[Pt]. The van der Waals surface area contributed by atoms with E-state index in [2.05, 4.69) is 0 Å². The third-order valence-electron chi connectivity index (χ3n) is 1.87. The molecule has 0 unspecified atom stereocenters. The van der Waals surface area contributed by atoms with E-state index in [0.717, 1.165) is 12.8 Å². The first-order valence-corrected chi connectivity index (χ1v) is 3.32. The molecule has 1 saturated carbocycles. The second-order valence-corrected chi connectivity index (χ2v) is 2.61. The molecule has 0 aromatic rings. The maximum absolute atomic E-state index is 5.65. The van der Waals surface area contributed by atoms with Crippen LogP contribution in [0.2, 0.25) is 0 Å². The van der Waals surface area contributed by atoms with Crippen LogP contribution in [-0.4, -0.2) is 17.6 Å². The van der Waals surface area contributed by atoms with Gasteiger partial charge in [0, 0.05) is 33.1 Å². The first-order valence-electron chi connectivity index (χ1n) is 3.32. The molecule has 0 spiro atoms. The molecule has 1 rings (SSSR count). The number of nitrogens with two attached hydrogens (primary N) is 2. The summed E-state index contributed by atoms with van der Waals surface area (Å²) >= 11 is 0. The summed E-state index contributed by atoms with van der Waals surface area (Å²) in [5, 5.41) is 0. The monoisotopic (exact) mass is 327 g/mol. The second kappa shape index (κ2) is 6.29. The zero-order valence-electron chi connectivity index (χ0n) is 5.95. The van der Waals surface area contributed by atoms with Gasteiger partial charge in [0.25, 0.3) is 0 Å². The van der Waals surface area contributed by atoms with Crippen molar-refractivity contribution >= 4 is 0 Å². The van der Waals surface area contributed by atoms with Crippen LogP contribution in [-0.2, 0) is 21.1 Å². The van der Waals surface area contributed by atoms with Gasteiger partial charge >= 0.3 is 0 Å². The molecule has 0 heterocycles. The molecule has 3 nitrogen and oxygen atoms in total. The Morgan fingerprint density at radius 3 is 1.40 bits per heavy atom. The van der Waals surface area contributed by atoms with Crippen molar-refractivity contribution in [3.63, 3.8) is 0 Å². The van der Waals surface area contributed by atoms with Crippen LogP contribution >= 0.6 is 0 Å². The Morgan fingerprint density at radius 1 is 0.900 bits per heavy atom. The van der Waals surface area contributed by atoms with Crippen molar-refractivity contribution in [3.8, 4) is 0 Å².